The first-order valence-electron chi connectivity index (χ1n) is 21.4. The van der Waals surface area contributed by atoms with Crippen LogP contribution in [0, 0.1) is 17.3 Å². The molecule has 3 aliphatic carbocycles. The number of hydrogen-bond acceptors (Lipinski definition) is 8. The molecule has 0 spiro atoms. The van der Waals surface area contributed by atoms with Gasteiger partial charge in [0.2, 0.25) is 17.6 Å². The zero-order valence-electron chi connectivity index (χ0n) is 34.5. The van der Waals surface area contributed by atoms with Gasteiger partial charge in [-0.3, -0.25) is 19.2 Å². The van der Waals surface area contributed by atoms with Crippen molar-refractivity contribution in [2.75, 3.05) is 31.9 Å². The maximum atomic E-state index is 14.6. The summed E-state index contributed by atoms with van der Waals surface area (Å²) in [5.41, 5.74) is -1.14. The van der Waals surface area contributed by atoms with Crippen LogP contribution in [0.2, 0.25) is 0 Å². The van der Waals surface area contributed by atoms with E-state index in [-0.39, 0.29) is 35.0 Å². The molecule has 5 fully saturated rings. The fourth-order valence-electron chi connectivity index (χ4n) is 9.63. The van der Waals surface area contributed by atoms with Crippen LogP contribution >= 0.6 is 0 Å². The van der Waals surface area contributed by atoms with E-state index < -0.39 is 61.9 Å². The van der Waals surface area contributed by atoms with Crippen molar-refractivity contribution >= 4 is 39.4 Å². The van der Waals surface area contributed by atoms with Gasteiger partial charge in [0.1, 0.15) is 12.1 Å². The second-order valence-electron chi connectivity index (χ2n) is 18.6. The Hall–Kier alpha value is -2.74. The van der Waals surface area contributed by atoms with Crippen molar-refractivity contribution in [2.24, 2.45) is 17.3 Å². The molecule has 2 heterocycles. The average Bonchev–Trinajstić information content (AvgIpc) is 3.98. The van der Waals surface area contributed by atoms with Crippen LogP contribution in [-0.4, -0.2) is 114 Å². The Morgan fingerprint density at radius 1 is 0.855 bits per heavy atom. The summed E-state index contributed by atoms with van der Waals surface area (Å²) in [7, 11) is -3.66. The molecule has 13 nitrogen and oxygen atoms in total. The number of urea groups is 1. The number of sulfone groups is 1. The standard InChI is InChI=1S/C41H70N6O7S/c1-7-46(8-2)26-39(3,4)55(53,54)27-41(23-17-14-18-24-41)45-38(52)44-31-20-16-13-11-9-10-12-15-19-30(34(48)36(50)42-28-21-22-28)43-35(49)33-32-29(40(32,5)6)25-47(33)37(31)51/h28-33H,7-27H2,1-6H3,(H,42,50)(H,43,49)(H2,44,45,52). The Morgan fingerprint density at radius 3 is 2.04 bits per heavy atom. The topological polar surface area (TPSA) is 174 Å². The molecule has 5 amide bonds. The minimum Gasteiger partial charge on any atom is -0.347 e. The van der Waals surface area contributed by atoms with E-state index in [0.29, 0.717) is 51.6 Å². The van der Waals surface area contributed by atoms with Crippen LogP contribution in [0.1, 0.15) is 144 Å². The Balaban J connectivity index is 1.35. The van der Waals surface area contributed by atoms with Crippen molar-refractivity contribution in [3.63, 3.8) is 0 Å². The third-order valence-electron chi connectivity index (χ3n) is 13.6. The molecule has 5 rings (SSSR count). The summed E-state index contributed by atoms with van der Waals surface area (Å²) in [4.78, 5) is 72.8. The summed E-state index contributed by atoms with van der Waals surface area (Å²) in [6.45, 7) is 14.0. The molecule has 5 aliphatic rings. The van der Waals surface area contributed by atoms with Crippen molar-refractivity contribution in [3.05, 3.63) is 0 Å². The van der Waals surface area contributed by atoms with E-state index in [9.17, 15) is 32.4 Å². The molecular weight excluding hydrogens is 721 g/mol. The van der Waals surface area contributed by atoms with Gasteiger partial charge in [0.15, 0.2) is 9.84 Å². The molecule has 0 aromatic rings. The lowest BCUT2D eigenvalue weighted by atomic mass is 9.83. The van der Waals surface area contributed by atoms with Crippen molar-refractivity contribution in [3.8, 4) is 0 Å². The molecule has 3 saturated carbocycles. The lowest BCUT2D eigenvalue weighted by Crippen LogP contribution is -2.62. The largest absolute Gasteiger partial charge is 0.347 e. The third kappa shape index (κ3) is 10.4. The van der Waals surface area contributed by atoms with Crippen molar-refractivity contribution in [2.45, 2.75) is 179 Å². The van der Waals surface area contributed by atoms with E-state index in [1.54, 1.807) is 18.7 Å². The van der Waals surface area contributed by atoms with Crippen molar-refractivity contribution < 1.29 is 32.4 Å². The average molecular weight is 791 g/mol. The van der Waals surface area contributed by atoms with E-state index in [1.165, 1.54) is 0 Å². The van der Waals surface area contributed by atoms with Crippen LogP contribution in [0.3, 0.4) is 0 Å². The number of carbonyl (C=O) groups excluding carboxylic acids is 5. The highest BCUT2D eigenvalue weighted by molar-refractivity contribution is 7.92. The van der Waals surface area contributed by atoms with Gasteiger partial charge in [-0.2, -0.15) is 0 Å². The van der Waals surface area contributed by atoms with Gasteiger partial charge in [-0.25, -0.2) is 13.2 Å². The second kappa shape index (κ2) is 17.8. The van der Waals surface area contributed by atoms with Gasteiger partial charge in [-0.05, 0) is 82.7 Å². The quantitative estimate of drug-likeness (QED) is 0.213. The van der Waals surface area contributed by atoms with Gasteiger partial charge in [-0.15, -0.1) is 0 Å². The van der Waals surface area contributed by atoms with E-state index in [1.807, 2.05) is 13.8 Å². The van der Waals surface area contributed by atoms with E-state index in [2.05, 4.69) is 40.0 Å². The molecule has 55 heavy (non-hydrogen) atoms. The molecule has 312 valence electrons. The first-order chi connectivity index (χ1) is 25.9. The number of hydrogen-bond donors (Lipinski definition) is 4. The Labute approximate surface area is 329 Å². The number of piperidine rings is 1. The van der Waals surface area contributed by atoms with E-state index >= 15 is 0 Å². The van der Waals surface area contributed by atoms with E-state index in [0.717, 1.165) is 77.3 Å². The zero-order chi connectivity index (χ0) is 40.2. The molecule has 5 unspecified atom stereocenters. The number of carbonyl (C=O) groups is 5. The molecule has 5 atom stereocenters. The van der Waals surface area contributed by atoms with Gasteiger partial charge >= 0.3 is 6.03 Å². The minimum atomic E-state index is -3.66. The van der Waals surface area contributed by atoms with Crippen LogP contribution in [0.25, 0.3) is 0 Å². The van der Waals surface area contributed by atoms with Crippen LogP contribution in [0.15, 0.2) is 0 Å². The molecule has 0 aromatic carbocycles. The highest BCUT2D eigenvalue weighted by Crippen LogP contribution is 2.65. The third-order valence-corrected chi connectivity index (χ3v) is 16.4. The van der Waals surface area contributed by atoms with Crippen molar-refractivity contribution in [1.29, 1.82) is 0 Å². The number of fused-ring (bicyclic) bond motifs is 3. The first-order valence-corrected chi connectivity index (χ1v) is 23.1. The van der Waals surface area contributed by atoms with Crippen LogP contribution in [0.4, 0.5) is 4.79 Å². The number of Topliss-reactive ketones (excluding diaryl/α,β-unsaturated/α-hetero) is 1. The fraction of sp³-hybridized carbons (Fsp3) is 0.878. The summed E-state index contributed by atoms with van der Waals surface area (Å²) >= 11 is 0. The van der Waals surface area contributed by atoms with Gasteiger partial charge in [0.25, 0.3) is 5.91 Å². The first kappa shape index (κ1) is 43.4. The summed E-state index contributed by atoms with van der Waals surface area (Å²) in [5, 5.41) is 11.8. The molecular formula is C41H70N6O7S. The molecule has 4 N–H and O–H groups in total. The molecule has 0 aromatic heterocycles. The highest BCUT2D eigenvalue weighted by Gasteiger charge is 2.69. The monoisotopic (exact) mass is 791 g/mol. The number of ketones is 1. The number of nitrogens with one attached hydrogen (secondary N) is 4. The Morgan fingerprint density at radius 2 is 1.44 bits per heavy atom. The number of rotatable bonds is 12. The maximum absolute atomic E-state index is 14.6. The van der Waals surface area contributed by atoms with Crippen LogP contribution in [0.5, 0.6) is 0 Å². The second-order valence-corrected chi connectivity index (χ2v) is 21.2. The zero-order valence-corrected chi connectivity index (χ0v) is 35.3. The molecule has 2 aliphatic heterocycles. The van der Waals surface area contributed by atoms with Crippen LogP contribution in [-0.2, 0) is 29.0 Å². The summed E-state index contributed by atoms with van der Waals surface area (Å²) < 4.78 is 27.1. The summed E-state index contributed by atoms with van der Waals surface area (Å²) in [6.07, 6.45) is 12.1. The fourth-order valence-corrected chi connectivity index (χ4v) is 11.5. The molecule has 0 radical (unpaired) electrons. The van der Waals surface area contributed by atoms with Gasteiger partial charge in [0, 0.05) is 19.1 Å². The minimum absolute atomic E-state index is 0.0118. The normalized spacial score (nSPS) is 29.1. The van der Waals surface area contributed by atoms with Crippen LogP contribution < -0.4 is 21.3 Å². The maximum Gasteiger partial charge on any atom is 0.315 e. The number of amides is 5. The van der Waals surface area contributed by atoms with Gasteiger partial charge in [0.05, 0.1) is 22.1 Å². The van der Waals surface area contributed by atoms with Gasteiger partial charge in [-0.1, -0.05) is 91.9 Å². The summed E-state index contributed by atoms with van der Waals surface area (Å²) in [6, 6.07) is -3.28. The highest BCUT2D eigenvalue weighted by atomic mass is 32.2. The predicted octanol–water partition coefficient (Wildman–Crippen LogP) is 4.23. The Kier molecular flexibility index (Phi) is 14.1. The lowest BCUT2D eigenvalue weighted by molar-refractivity contribution is -0.144. The van der Waals surface area contributed by atoms with E-state index in [4.69, 9.17) is 0 Å². The van der Waals surface area contributed by atoms with Gasteiger partial charge < -0.3 is 31.1 Å². The smallest absolute Gasteiger partial charge is 0.315 e. The lowest BCUT2D eigenvalue weighted by Gasteiger charge is -2.41. The summed E-state index contributed by atoms with van der Waals surface area (Å²) in [5.74, 6) is -2.29. The number of nitrogens with zero attached hydrogens (tertiary/aromatic N) is 2. The van der Waals surface area contributed by atoms with Crippen molar-refractivity contribution in [1.82, 2.24) is 31.1 Å². The molecule has 0 bridgehead atoms. The molecule has 14 heteroatoms. The SMILES string of the molecule is CCN(CC)CC(C)(C)S(=O)(=O)CC1(NC(=O)NC2CCCCCCCCCC(C(=O)C(=O)NC3CC3)NC(=O)C3C4C(CN3C2=O)C4(C)C)CCCCC1. The Bertz CT molecular complexity index is 1520. The predicted molar refractivity (Wildman–Crippen MR) is 213 cm³/mol. The molecule has 2 saturated heterocycles.